The van der Waals surface area contributed by atoms with Gasteiger partial charge in [0.15, 0.2) is 5.82 Å². The molecule has 1 aromatic heterocycles. The Morgan fingerprint density at radius 1 is 1.46 bits per heavy atom. The van der Waals surface area contributed by atoms with E-state index in [1.807, 2.05) is 42.8 Å². The normalized spacial score (nSPS) is 20.0. The van der Waals surface area contributed by atoms with Gasteiger partial charge >= 0.3 is 0 Å². The summed E-state index contributed by atoms with van der Waals surface area (Å²) in [6.45, 7) is 4.93. The fourth-order valence-corrected chi connectivity index (χ4v) is 2.86. The van der Waals surface area contributed by atoms with E-state index in [-0.39, 0.29) is 12.7 Å². The van der Waals surface area contributed by atoms with Crippen molar-refractivity contribution in [1.29, 1.82) is 0 Å². The lowest BCUT2D eigenvalue weighted by Gasteiger charge is -2.33. The highest BCUT2D eigenvalue weighted by atomic mass is 16.5. The summed E-state index contributed by atoms with van der Waals surface area (Å²) in [7, 11) is 1.90. The Hall–Kier alpha value is -1.96. The molecule has 0 unspecified atom stereocenters. The molecule has 2 aromatic rings. The van der Waals surface area contributed by atoms with Crippen LogP contribution in [0.25, 0.3) is 0 Å². The van der Waals surface area contributed by atoms with Gasteiger partial charge in [0.1, 0.15) is 30.9 Å². The number of rotatable bonds is 6. The molecule has 130 valence electrons. The second-order valence-electron chi connectivity index (χ2n) is 6.20. The Morgan fingerprint density at radius 3 is 3.08 bits per heavy atom. The van der Waals surface area contributed by atoms with Crippen LogP contribution in [0.5, 0.6) is 5.75 Å². The molecule has 1 fully saturated rings. The number of hydrogen-bond acceptors (Lipinski definition) is 6. The van der Waals surface area contributed by atoms with Crippen molar-refractivity contribution in [3.8, 4) is 5.75 Å². The molecule has 0 radical (unpaired) electrons. The molecule has 24 heavy (non-hydrogen) atoms. The van der Waals surface area contributed by atoms with Crippen LogP contribution in [-0.2, 0) is 11.8 Å². The molecule has 7 nitrogen and oxygen atoms in total. The maximum atomic E-state index is 10.3. The monoisotopic (exact) mass is 332 g/mol. The van der Waals surface area contributed by atoms with Crippen molar-refractivity contribution in [2.24, 2.45) is 7.05 Å². The summed E-state index contributed by atoms with van der Waals surface area (Å²) < 4.78 is 13.3. The maximum absolute atomic E-state index is 10.3. The van der Waals surface area contributed by atoms with E-state index in [4.69, 9.17) is 9.47 Å². The summed E-state index contributed by atoms with van der Waals surface area (Å²) >= 11 is 0. The second-order valence-corrected chi connectivity index (χ2v) is 6.20. The molecule has 1 aromatic carbocycles. The Morgan fingerprint density at radius 2 is 2.33 bits per heavy atom. The Bertz CT molecular complexity index is 661. The second kappa shape index (κ2) is 7.74. The first-order chi connectivity index (χ1) is 11.6. The van der Waals surface area contributed by atoms with Crippen LogP contribution < -0.4 is 4.74 Å². The molecule has 0 saturated carbocycles. The number of benzene rings is 1. The van der Waals surface area contributed by atoms with E-state index in [2.05, 4.69) is 15.1 Å². The highest BCUT2D eigenvalue weighted by molar-refractivity contribution is 5.27. The zero-order valence-corrected chi connectivity index (χ0v) is 14.1. The third-order valence-corrected chi connectivity index (χ3v) is 4.09. The molecular formula is C17H24N4O3. The third-order valence-electron chi connectivity index (χ3n) is 4.09. The van der Waals surface area contributed by atoms with Gasteiger partial charge < -0.3 is 19.1 Å². The van der Waals surface area contributed by atoms with Crippen LogP contribution >= 0.6 is 0 Å². The van der Waals surface area contributed by atoms with Crippen molar-refractivity contribution in [3.05, 3.63) is 42.0 Å². The Kier molecular flexibility index (Phi) is 5.44. The molecule has 1 aliphatic rings. The van der Waals surface area contributed by atoms with Gasteiger partial charge in [-0.15, -0.1) is 10.2 Å². The highest BCUT2D eigenvalue weighted by Gasteiger charge is 2.26. The van der Waals surface area contributed by atoms with Crippen molar-refractivity contribution in [1.82, 2.24) is 19.7 Å². The molecule has 2 atom stereocenters. The molecule has 1 aliphatic heterocycles. The summed E-state index contributed by atoms with van der Waals surface area (Å²) in [5, 5.41) is 18.3. The SMILES string of the molecule is Cc1cccc(OC[C@@H](O)CN2CCO[C@@H](c3nncn3C)C2)c1. The van der Waals surface area contributed by atoms with E-state index in [1.54, 1.807) is 6.33 Å². The summed E-state index contributed by atoms with van der Waals surface area (Å²) in [6.07, 6.45) is 1.00. The van der Waals surface area contributed by atoms with Gasteiger partial charge in [-0.2, -0.15) is 0 Å². The predicted octanol–water partition coefficient (Wildman–Crippen LogP) is 0.937. The van der Waals surface area contributed by atoms with E-state index in [0.717, 1.165) is 23.7 Å². The average Bonchev–Trinajstić information content (AvgIpc) is 2.99. The third kappa shape index (κ3) is 4.31. The van der Waals surface area contributed by atoms with E-state index in [9.17, 15) is 5.11 Å². The first-order valence-electron chi connectivity index (χ1n) is 8.17. The first kappa shape index (κ1) is 16.9. The molecule has 0 bridgehead atoms. The molecule has 0 aliphatic carbocycles. The Labute approximate surface area is 141 Å². The van der Waals surface area contributed by atoms with Crippen molar-refractivity contribution < 1.29 is 14.6 Å². The standard InChI is InChI=1S/C17H24N4O3/c1-13-4-3-5-15(8-13)24-11-14(22)9-21-6-7-23-16(10-21)17-19-18-12-20(17)2/h3-5,8,12,14,16,22H,6-7,9-11H2,1-2H3/t14-,16+/m0/s1. The van der Waals surface area contributed by atoms with Gasteiger partial charge in [-0.25, -0.2) is 0 Å². The minimum atomic E-state index is -0.552. The molecule has 1 saturated heterocycles. The van der Waals surface area contributed by atoms with Gasteiger partial charge in [0.2, 0.25) is 0 Å². The lowest BCUT2D eigenvalue weighted by atomic mass is 10.2. The minimum Gasteiger partial charge on any atom is -0.491 e. The lowest BCUT2D eigenvalue weighted by molar-refractivity contribution is -0.0506. The van der Waals surface area contributed by atoms with E-state index >= 15 is 0 Å². The summed E-state index contributed by atoms with van der Waals surface area (Å²) in [5.74, 6) is 1.60. The highest BCUT2D eigenvalue weighted by Crippen LogP contribution is 2.20. The number of morpholine rings is 1. The fraction of sp³-hybridized carbons (Fsp3) is 0.529. The number of aliphatic hydroxyl groups is 1. The van der Waals surface area contributed by atoms with Gasteiger partial charge in [-0.1, -0.05) is 12.1 Å². The first-order valence-corrected chi connectivity index (χ1v) is 8.17. The van der Waals surface area contributed by atoms with Crippen LogP contribution in [0.4, 0.5) is 0 Å². The fourth-order valence-electron chi connectivity index (χ4n) is 2.86. The molecule has 7 heteroatoms. The molecule has 0 spiro atoms. The topological polar surface area (TPSA) is 72.6 Å². The van der Waals surface area contributed by atoms with Gasteiger partial charge in [0.05, 0.1) is 6.61 Å². The zero-order valence-electron chi connectivity index (χ0n) is 14.1. The van der Waals surface area contributed by atoms with Crippen molar-refractivity contribution in [2.45, 2.75) is 19.1 Å². The molecule has 1 N–H and O–H groups in total. The van der Waals surface area contributed by atoms with Crippen LogP contribution in [-0.4, -0.2) is 63.7 Å². The summed E-state index contributed by atoms with van der Waals surface area (Å²) in [6, 6.07) is 7.83. The Balaban J connectivity index is 1.49. The van der Waals surface area contributed by atoms with E-state index < -0.39 is 6.10 Å². The molecular weight excluding hydrogens is 308 g/mol. The van der Waals surface area contributed by atoms with Gasteiger partial charge in [0, 0.05) is 26.7 Å². The van der Waals surface area contributed by atoms with Crippen molar-refractivity contribution in [3.63, 3.8) is 0 Å². The number of aryl methyl sites for hydroxylation is 2. The van der Waals surface area contributed by atoms with Gasteiger partial charge in [-0.05, 0) is 24.6 Å². The largest absolute Gasteiger partial charge is 0.491 e. The van der Waals surface area contributed by atoms with Crippen LogP contribution in [0, 0.1) is 6.92 Å². The average molecular weight is 332 g/mol. The summed E-state index contributed by atoms with van der Waals surface area (Å²) in [5.41, 5.74) is 1.14. The number of aromatic nitrogens is 3. The number of nitrogens with zero attached hydrogens (tertiary/aromatic N) is 4. The van der Waals surface area contributed by atoms with Crippen LogP contribution in [0.2, 0.25) is 0 Å². The lowest BCUT2D eigenvalue weighted by Crippen LogP contribution is -2.44. The number of ether oxygens (including phenoxy) is 2. The van der Waals surface area contributed by atoms with Crippen molar-refractivity contribution >= 4 is 0 Å². The minimum absolute atomic E-state index is 0.115. The van der Waals surface area contributed by atoms with Crippen LogP contribution in [0.3, 0.4) is 0 Å². The maximum Gasteiger partial charge on any atom is 0.163 e. The van der Waals surface area contributed by atoms with Gasteiger partial charge in [0.25, 0.3) is 0 Å². The number of hydrogen-bond donors (Lipinski definition) is 1. The van der Waals surface area contributed by atoms with Gasteiger partial charge in [-0.3, -0.25) is 4.90 Å². The van der Waals surface area contributed by atoms with E-state index in [1.165, 1.54) is 0 Å². The molecule has 0 amide bonds. The van der Waals surface area contributed by atoms with Crippen LogP contribution in [0.1, 0.15) is 17.5 Å². The predicted molar refractivity (Wildman–Crippen MR) is 88.8 cm³/mol. The zero-order chi connectivity index (χ0) is 16.9. The van der Waals surface area contributed by atoms with E-state index in [0.29, 0.717) is 19.7 Å². The number of β-amino-alcohol motifs (C(OH)–C–C–N with tert-alkyl or cyclic N) is 1. The van der Waals surface area contributed by atoms with Crippen molar-refractivity contribution in [2.75, 3.05) is 32.8 Å². The van der Waals surface area contributed by atoms with Crippen LogP contribution in [0.15, 0.2) is 30.6 Å². The number of aliphatic hydroxyl groups excluding tert-OH is 1. The smallest absolute Gasteiger partial charge is 0.163 e. The molecule has 3 rings (SSSR count). The summed E-state index contributed by atoms with van der Waals surface area (Å²) in [4.78, 5) is 2.17. The quantitative estimate of drug-likeness (QED) is 0.849. The molecule has 2 heterocycles.